The molecule has 18 heavy (non-hydrogen) atoms. The summed E-state index contributed by atoms with van der Waals surface area (Å²) in [6.07, 6.45) is 1.40. The Labute approximate surface area is 102 Å². The van der Waals surface area contributed by atoms with Gasteiger partial charge in [0.1, 0.15) is 11.6 Å². The van der Waals surface area contributed by atoms with Crippen molar-refractivity contribution in [3.05, 3.63) is 65.5 Å². The van der Waals surface area contributed by atoms with Crippen molar-refractivity contribution in [3.63, 3.8) is 0 Å². The zero-order valence-corrected chi connectivity index (χ0v) is 9.20. The maximum absolute atomic E-state index is 13.2. The molecular formula is C13H9F3N2. The predicted molar refractivity (Wildman–Crippen MR) is 64.0 cm³/mol. The highest BCUT2D eigenvalue weighted by Crippen LogP contribution is 2.14. The highest BCUT2D eigenvalue weighted by Gasteiger charge is 2.01. The Kier molecular flexibility index (Phi) is 3.62. The number of benzene rings is 2. The largest absolute Gasteiger partial charge is 0.276 e. The van der Waals surface area contributed by atoms with E-state index < -0.39 is 11.6 Å². The van der Waals surface area contributed by atoms with Crippen LogP contribution in [0.25, 0.3) is 0 Å². The highest BCUT2D eigenvalue weighted by molar-refractivity contribution is 5.80. The van der Waals surface area contributed by atoms with Crippen LogP contribution in [-0.2, 0) is 0 Å². The Bertz CT molecular complexity index is 565. The van der Waals surface area contributed by atoms with Crippen LogP contribution < -0.4 is 5.43 Å². The first-order chi connectivity index (χ1) is 8.65. The van der Waals surface area contributed by atoms with Crippen molar-refractivity contribution in [2.75, 3.05) is 5.43 Å². The standard InChI is InChI=1S/C13H9F3N2/c14-10-3-1-9(2-4-10)8-17-18-13-6-5-11(15)7-12(13)16/h1-8,18H. The molecule has 92 valence electrons. The third-order valence-corrected chi connectivity index (χ3v) is 2.20. The molecule has 0 aliphatic heterocycles. The van der Waals surface area contributed by atoms with Gasteiger partial charge in [-0.2, -0.15) is 5.10 Å². The minimum absolute atomic E-state index is 0.0646. The summed E-state index contributed by atoms with van der Waals surface area (Å²) in [5.74, 6) is -1.73. The minimum atomic E-state index is -0.730. The molecule has 2 rings (SSSR count). The summed E-state index contributed by atoms with van der Waals surface area (Å²) in [7, 11) is 0. The van der Waals surface area contributed by atoms with Crippen LogP contribution in [0.15, 0.2) is 47.6 Å². The molecule has 0 aliphatic carbocycles. The van der Waals surface area contributed by atoms with Gasteiger partial charge in [0.05, 0.1) is 11.9 Å². The van der Waals surface area contributed by atoms with Crippen LogP contribution in [-0.4, -0.2) is 6.21 Å². The number of halogens is 3. The summed E-state index contributed by atoms with van der Waals surface area (Å²) in [5, 5.41) is 3.77. The van der Waals surface area contributed by atoms with Crippen molar-refractivity contribution in [2.45, 2.75) is 0 Å². The van der Waals surface area contributed by atoms with Gasteiger partial charge in [0, 0.05) is 6.07 Å². The van der Waals surface area contributed by atoms with Crippen LogP contribution >= 0.6 is 0 Å². The lowest BCUT2D eigenvalue weighted by molar-refractivity contribution is 0.585. The number of anilines is 1. The van der Waals surface area contributed by atoms with E-state index in [1.165, 1.54) is 36.5 Å². The Morgan fingerprint density at radius 1 is 0.889 bits per heavy atom. The van der Waals surface area contributed by atoms with Crippen molar-refractivity contribution >= 4 is 11.9 Å². The smallest absolute Gasteiger partial charge is 0.151 e. The average Bonchev–Trinajstić information content (AvgIpc) is 2.34. The number of hydrogen-bond acceptors (Lipinski definition) is 2. The maximum Gasteiger partial charge on any atom is 0.151 e. The molecule has 0 atom stereocenters. The zero-order valence-electron chi connectivity index (χ0n) is 9.20. The third kappa shape index (κ3) is 3.10. The Hall–Kier alpha value is -2.30. The first kappa shape index (κ1) is 12.2. The van der Waals surface area contributed by atoms with Crippen LogP contribution in [0.3, 0.4) is 0 Å². The quantitative estimate of drug-likeness (QED) is 0.653. The molecular weight excluding hydrogens is 241 g/mol. The summed E-state index contributed by atoms with van der Waals surface area (Å²) >= 11 is 0. The van der Waals surface area contributed by atoms with Crippen molar-refractivity contribution in [1.29, 1.82) is 0 Å². The second kappa shape index (κ2) is 5.35. The van der Waals surface area contributed by atoms with Gasteiger partial charge in [0.2, 0.25) is 0 Å². The molecule has 0 bridgehead atoms. The molecule has 2 aromatic carbocycles. The Morgan fingerprint density at radius 2 is 1.56 bits per heavy atom. The van der Waals surface area contributed by atoms with Gasteiger partial charge in [-0.15, -0.1) is 0 Å². The number of hydrogen-bond donors (Lipinski definition) is 1. The molecule has 0 fully saturated rings. The van der Waals surface area contributed by atoms with Gasteiger partial charge in [0.25, 0.3) is 0 Å². The summed E-state index contributed by atoms with van der Waals surface area (Å²) < 4.78 is 38.5. The summed E-state index contributed by atoms with van der Waals surface area (Å²) in [5.41, 5.74) is 3.16. The summed E-state index contributed by atoms with van der Waals surface area (Å²) in [4.78, 5) is 0. The van der Waals surface area contributed by atoms with Crippen LogP contribution in [0.4, 0.5) is 18.9 Å². The number of nitrogens with zero attached hydrogens (tertiary/aromatic N) is 1. The number of rotatable bonds is 3. The number of nitrogens with one attached hydrogen (secondary N) is 1. The fraction of sp³-hybridized carbons (Fsp3) is 0. The van der Waals surface area contributed by atoms with E-state index in [1.54, 1.807) is 0 Å². The van der Waals surface area contributed by atoms with Crippen molar-refractivity contribution < 1.29 is 13.2 Å². The van der Waals surface area contributed by atoms with E-state index in [2.05, 4.69) is 10.5 Å². The van der Waals surface area contributed by atoms with E-state index in [0.717, 1.165) is 12.1 Å². The lowest BCUT2D eigenvalue weighted by Crippen LogP contribution is -1.94. The molecule has 0 amide bonds. The lowest BCUT2D eigenvalue weighted by Gasteiger charge is -2.01. The van der Waals surface area contributed by atoms with Gasteiger partial charge >= 0.3 is 0 Å². The molecule has 0 radical (unpaired) electrons. The van der Waals surface area contributed by atoms with Crippen molar-refractivity contribution in [2.24, 2.45) is 5.10 Å². The molecule has 0 saturated heterocycles. The van der Waals surface area contributed by atoms with E-state index in [9.17, 15) is 13.2 Å². The molecule has 2 aromatic rings. The molecule has 5 heteroatoms. The maximum atomic E-state index is 13.2. The topological polar surface area (TPSA) is 24.4 Å². The van der Waals surface area contributed by atoms with Gasteiger partial charge in [0.15, 0.2) is 5.82 Å². The second-order valence-electron chi connectivity index (χ2n) is 3.55. The first-order valence-electron chi connectivity index (χ1n) is 5.15. The molecule has 2 nitrogen and oxygen atoms in total. The van der Waals surface area contributed by atoms with Gasteiger partial charge in [-0.05, 0) is 29.8 Å². The molecule has 0 aromatic heterocycles. The highest BCUT2D eigenvalue weighted by atomic mass is 19.1. The molecule has 0 aliphatic rings. The molecule has 1 N–H and O–H groups in total. The third-order valence-electron chi connectivity index (χ3n) is 2.20. The fourth-order valence-electron chi connectivity index (χ4n) is 1.31. The van der Waals surface area contributed by atoms with Gasteiger partial charge in [-0.3, -0.25) is 5.43 Å². The van der Waals surface area contributed by atoms with Crippen molar-refractivity contribution in [1.82, 2.24) is 0 Å². The summed E-state index contributed by atoms with van der Waals surface area (Å²) in [6, 6.07) is 8.77. The van der Waals surface area contributed by atoms with Crippen molar-refractivity contribution in [3.8, 4) is 0 Å². The van der Waals surface area contributed by atoms with Crippen LogP contribution in [0, 0.1) is 17.5 Å². The molecule has 0 heterocycles. The van der Waals surface area contributed by atoms with Gasteiger partial charge in [-0.25, -0.2) is 13.2 Å². The number of hydrazone groups is 1. The SMILES string of the molecule is Fc1ccc(C=NNc2ccc(F)cc2F)cc1. The zero-order chi connectivity index (χ0) is 13.0. The molecule has 0 saturated carbocycles. The van der Waals surface area contributed by atoms with E-state index in [-0.39, 0.29) is 11.5 Å². The first-order valence-corrected chi connectivity index (χ1v) is 5.15. The summed E-state index contributed by atoms with van der Waals surface area (Å²) in [6.45, 7) is 0. The van der Waals surface area contributed by atoms with Gasteiger partial charge < -0.3 is 0 Å². The van der Waals surface area contributed by atoms with Crippen LogP contribution in [0.2, 0.25) is 0 Å². The fourth-order valence-corrected chi connectivity index (χ4v) is 1.31. The lowest BCUT2D eigenvalue weighted by atomic mass is 10.2. The monoisotopic (exact) mass is 250 g/mol. The average molecular weight is 250 g/mol. The second-order valence-corrected chi connectivity index (χ2v) is 3.55. The normalized spacial score (nSPS) is 10.8. The Morgan fingerprint density at radius 3 is 2.22 bits per heavy atom. The van der Waals surface area contributed by atoms with Crippen LogP contribution in [0.5, 0.6) is 0 Å². The van der Waals surface area contributed by atoms with E-state index in [0.29, 0.717) is 5.56 Å². The molecule has 0 unspecified atom stereocenters. The van der Waals surface area contributed by atoms with E-state index in [1.807, 2.05) is 0 Å². The van der Waals surface area contributed by atoms with E-state index >= 15 is 0 Å². The van der Waals surface area contributed by atoms with E-state index in [4.69, 9.17) is 0 Å². The van der Waals surface area contributed by atoms with Crippen LogP contribution in [0.1, 0.15) is 5.56 Å². The predicted octanol–water partition coefficient (Wildman–Crippen LogP) is 3.55. The minimum Gasteiger partial charge on any atom is -0.276 e. The van der Waals surface area contributed by atoms with Gasteiger partial charge in [-0.1, -0.05) is 12.1 Å². The molecule has 0 spiro atoms. The Balaban J connectivity index is 2.05.